The van der Waals surface area contributed by atoms with Crippen molar-refractivity contribution in [3.63, 3.8) is 0 Å². The van der Waals surface area contributed by atoms with Gasteiger partial charge in [0.25, 0.3) is 5.91 Å². The molecular formula is C14H13ClFNO3S. The molecule has 2 aromatic rings. The SMILES string of the molecule is CCOC(=O)C(C)NC(=O)c1sc2cc(F)ccc2c1Cl. The zero-order chi connectivity index (χ0) is 15.6. The van der Waals surface area contributed by atoms with Crippen LogP contribution in [-0.2, 0) is 9.53 Å². The van der Waals surface area contributed by atoms with E-state index in [2.05, 4.69) is 5.32 Å². The number of carbonyl (C=O) groups is 2. The number of amides is 1. The van der Waals surface area contributed by atoms with Gasteiger partial charge in [0.05, 0.1) is 11.6 Å². The van der Waals surface area contributed by atoms with Crippen LogP contribution in [0.15, 0.2) is 18.2 Å². The first-order chi connectivity index (χ1) is 9.93. The molecule has 0 radical (unpaired) electrons. The highest BCUT2D eigenvalue weighted by atomic mass is 35.5. The van der Waals surface area contributed by atoms with Crippen molar-refractivity contribution in [2.24, 2.45) is 0 Å². The number of benzene rings is 1. The first-order valence-electron chi connectivity index (χ1n) is 6.29. The largest absolute Gasteiger partial charge is 0.464 e. The molecule has 1 aromatic carbocycles. The Balaban J connectivity index is 2.23. The molecule has 0 spiro atoms. The lowest BCUT2D eigenvalue weighted by Crippen LogP contribution is -2.39. The van der Waals surface area contributed by atoms with Gasteiger partial charge >= 0.3 is 5.97 Å². The minimum absolute atomic E-state index is 0.238. The number of carbonyl (C=O) groups excluding carboxylic acids is 2. The van der Waals surface area contributed by atoms with Crippen LogP contribution in [0.1, 0.15) is 23.5 Å². The monoisotopic (exact) mass is 329 g/mol. The highest BCUT2D eigenvalue weighted by Crippen LogP contribution is 2.35. The van der Waals surface area contributed by atoms with E-state index >= 15 is 0 Å². The summed E-state index contributed by atoms with van der Waals surface area (Å²) in [6.07, 6.45) is 0. The average Bonchev–Trinajstić information content (AvgIpc) is 2.75. The predicted molar refractivity (Wildman–Crippen MR) is 80.4 cm³/mol. The van der Waals surface area contributed by atoms with Crippen LogP contribution in [0.3, 0.4) is 0 Å². The maximum absolute atomic E-state index is 13.2. The second kappa shape index (κ2) is 6.41. The number of fused-ring (bicyclic) bond motifs is 1. The van der Waals surface area contributed by atoms with Gasteiger partial charge in [0.1, 0.15) is 16.7 Å². The van der Waals surface area contributed by atoms with E-state index in [9.17, 15) is 14.0 Å². The molecule has 4 nitrogen and oxygen atoms in total. The van der Waals surface area contributed by atoms with Gasteiger partial charge in [-0.1, -0.05) is 11.6 Å². The summed E-state index contributed by atoms with van der Waals surface area (Å²) in [5, 5.41) is 3.38. The van der Waals surface area contributed by atoms with Crippen molar-refractivity contribution < 1.29 is 18.7 Å². The lowest BCUT2D eigenvalue weighted by Gasteiger charge is -2.11. The molecule has 1 aromatic heterocycles. The van der Waals surface area contributed by atoms with Gasteiger partial charge in [0.2, 0.25) is 0 Å². The fraction of sp³-hybridized carbons (Fsp3) is 0.286. The Morgan fingerprint density at radius 3 is 2.86 bits per heavy atom. The molecule has 0 aliphatic heterocycles. The van der Waals surface area contributed by atoms with Crippen molar-refractivity contribution in [1.29, 1.82) is 0 Å². The van der Waals surface area contributed by atoms with Gasteiger partial charge in [0, 0.05) is 10.1 Å². The van der Waals surface area contributed by atoms with Gasteiger partial charge in [-0.3, -0.25) is 4.79 Å². The molecule has 1 unspecified atom stereocenters. The van der Waals surface area contributed by atoms with E-state index in [1.54, 1.807) is 6.92 Å². The highest BCUT2D eigenvalue weighted by Gasteiger charge is 2.22. The zero-order valence-corrected chi connectivity index (χ0v) is 13.0. The Labute approximate surface area is 129 Å². The Hall–Kier alpha value is -1.66. The third-order valence-corrected chi connectivity index (χ3v) is 4.44. The number of ether oxygens (including phenoxy) is 1. The maximum atomic E-state index is 13.2. The predicted octanol–water partition coefficient (Wildman–Crippen LogP) is 3.38. The molecule has 0 bridgehead atoms. The summed E-state index contributed by atoms with van der Waals surface area (Å²) in [7, 11) is 0. The Kier molecular flexibility index (Phi) is 4.80. The van der Waals surface area contributed by atoms with Gasteiger partial charge in [-0.15, -0.1) is 11.3 Å². The van der Waals surface area contributed by atoms with Crippen molar-refractivity contribution >= 4 is 44.9 Å². The molecule has 7 heteroatoms. The number of thiophene rings is 1. The molecule has 0 fully saturated rings. The van der Waals surface area contributed by atoms with Gasteiger partial charge in [0.15, 0.2) is 0 Å². The average molecular weight is 330 g/mol. The van der Waals surface area contributed by atoms with Crippen molar-refractivity contribution in [2.75, 3.05) is 6.61 Å². The number of nitrogens with one attached hydrogen (secondary N) is 1. The minimum Gasteiger partial charge on any atom is -0.464 e. The fourth-order valence-corrected chi connectivity index (χ4v) is 3.22. The zero-order valence-electron chi connectivity index (χ0n) is 11.4. The molecular weight excluding hydrogens is 317 g/mol. The normalized spacial score (nSPS) is 12.2. The second-order valence-electron chi connectivity index (χ2n) is 4.33. The molecule has 0 saturated heterocycles. The summed E-state index contributed by atoms with van der Waals surface area (Å²) in [6.45, 7) is 3.45. The van der Waals surface area contributed by atoms with Gasteiger partial charge in [-0.25, -0.2) is 9.18 Å². The highest BCUT2D eigenvalue weighted by molar-refractivity contribution is 7.21. The topological polar surface area (TPSA) is 55.4 Å². The van der Waals surface area contributed by atoms with Gasteiger partial charge in [-0.05, 0) is 32.0 Å². The number of halogens is 2. The van der Waals surface area contributed by atoms with E-state index in [-0.39, 0.29) is 16.5 Å². The third kappa shape index (κ3) is 3.33. The molecule has 1 N–H and O–H groups in total. The quantitative estimate of drug-likeness (QED) is 0.875. The molecule has 0 aliphatic rings. The van der Waals surface area contributed by atoms with Crippen LogP contribution in [-0.4, -0.2) is 24.5 Å². The second-order valence-corrected chi connectivity index (χ2v) is 5.76. The van der Waals surface area contributed by atoms with Crippen LogP contribution in [0.25, 0.3) is 10.1 Å². The van der Waals surface area contributed by atoms with Crippen molar-refractivity contribution in [2.45, 2.75) is 19.9 Å². The summed E-state index contributed by atoms with van der Waals surface area (Å²) in [6, 6.07) is 3.34. The Morgan fingerprint density at radius 2 is 2.19 bits per heavy atom. The number of hydrogen-bond donors (Lipinski definition) is 1. The summed E-state index contributed by atoms with van der Waals surface area (Å²) >= 11 is 7.22. The van der Waals surface area contributed by atoms with Crippen molar-refractivity contribution in [3.05, 3.63) is 33.9 Å². The third-order valence-electron chi connectivity index (χ3n) is 2.79. The first kappa shape index (κ1) is 15.7. The van der Waals surface area contributed by atoms with Crippen molar-refractivity contribution in [1.82, 2.24) is 5.32 Å². The molecule has 0 saturated carbocycles. The van der Waals surface area contributed by atoms with Crippen LogP contribution in [0.4, 0.5) is 4.39 Å². The summed E-state index contributed by atoms with van der Waals surface area (Å²) in [5.74, 6) is -1.40. The van der Waals surface area contributed by atoms with Crippen LogP contribution in [0, 0.1) is 5.82 Å². The van der Waals surface area contributed by atoms with Gasteiger partial charge < -0.3 is 10.1 Å². The number of hydrogen-bond acceptors (Lipinski definition) is 4. The van der Waals surface area contributed by atoms with Crippen LogP contribution < -0.4 is 5.32 Å². The van der Waals surface area contributed by atoms with Gasteiger partial charge in [-0.2, -0.15) is 0 Å². The fourth-order valence-electron chi connectivity index (χ4n) is 1.77. The van der Waals surface area contributed by atoms with E-state index in [1.165, 1.54) is 25.1 Å². The Morgan fingerprint density at radius 1 is 1.48 bits per heavy atom. The molecule has 1 atom stereocenters. The number of rotatable bonds is 4. The lowest BCUT2D eigenvalue weighted by molar-refractivity contribution is -0.144. The molecule has 1 heterocycles. The summed E-state index contributed by atoms with van der Waals surface area (Å²) in [4.78, 5) is 23.9. The minimum atomic E-state index is -0.782. The van der Waals surface area contributed by atoms with Crippen LogP contribution >= 0.6 is 22.9 Å². The van der Waals surface area contributed by atoms with E-state index in [0.717, 1.165) is 11.3 Å². The van der Waals surface area contributed by atoms with E-state index in [1.807, 2.05) is 0 Å². The van der Waals surface area contributed by atoms with E-state index in [4.69, 9.17) is 16.3 Å². The molecule has 2 rings (SSSR count). The molecule has 21 heavy (non-hydrogen) atoms. The molecule has 1 amide bonds. The van der Waals surface area contributed by atoms with Crippen molar-refractivity contribution in [3.8, 4) is 0 Å². The maximum Gasteiger partial charge on any atom is 0.328 e. The first-order valence-corrected chi connectivity index (χ1v) is 7.48. The molecule has 0 aliphatic carbocycles. The van der Waals surface area contributed by atoms with Crippen LogP contribution in [0.5, 0.6) is 0 Å². The van der Waals surface area contributed by atoms with E-state index in [0.29, 0.717) is 10.1 Å². The van der Waals surface area contributed by atoms with E-state index < -0.39 is 23.7 Å². The summed E-state index contributed by atoms with van der Waals surface area (Å²) < 4.78 is 18.6. The molecule has 112 valence electrons. The van der Waals surface area contributed by atoms with Crippen LogP contribution in [0.2, 0.25) is 5.02 Å². The number of esters is 1. The Bertz CT molecular complexity index is 701. The standard InChI is InChI=1S/C14H13ClFNO3S/c1-3-20-14(19)7(2)17-13(18)12-11(15)9-5-4-8(16)6-10(9)21-12/h4-7H,3H2,1-2H3,(H,17,18). The smallest absolute Gasteiger partial charge is 0.328 e. The lowest BCUT2D eigenvalue weighted by atomic mass is 10.2. The summed E-state index contributed by atoms with van der Waals surface area (Å²) in [5.41, 5.74) is 0.